The minimum Gasteiger partial charge on any atom is -0.490 e. The number of carboxylic acid groups (broad SMARTS) is 1. The predicted molar refractivity (Wildman–Crippen MR) is 179 cm³/mol. The van der Waals surface area contributed by atoms with Crippen LogP contribution in [0.5, 0.6) is 5.75 Å². The summed E-state index contributed by atoms with van der Waals surface area (Å²) < 4.78 is 50.2. The molecule has 3 aromatic rings. The smallest absolute Gasteiger partial charge is 0.330 e. The van der Waals surface area contributed by atoms with Crippen molar-refractivity contribution in [1.29, 1.82) is 0 Å². The van der Waals surface area contributed by atoms with Gasteiger partial charge in [-0.05, 0) is 92.4 Å². The first kappa shape index (κ1) is 32.4. The average Bonchev–Trinajstić information content (AvgIpc) is 3.82. The van der Waals surface area contributed by atoms with Gasteiger partial charge in [-0.15, -0.1) is 0 Å². The Labute approximate surface area is 293 Å². The minimum absolute atomic E-state index is 0.0251. The summed E-state index contributed by atoms with van der Waals surface area (Å²) in [4.78, 5) is 47.5. The Balaban J connectivity index is 0.947. The van der Waals surface area contributed by atoms with Crippen molar-refractivity contribution < 1.29 is 32.6 Å². The Kier molecular flexibility index (Phi) is 7.32. The van der Waals surface area contributed by atoms with Crippen molar-refractivity contribution in [3.05, 3.63) is 59.4 Å². The number of aromatic nitrogens is 4. The number of halogens is 3. The second-order valence-corrected chi connectivity index (χ2v) is 15.8. The zero-order valence-corrected chi connectivity index (χ0v) is 28.3. The van der Waals surface area contributed by atoms with Crippen molar-refractivity contribution in [2.24, 2.45) is 23.7 Å². The van der Waals surface area contributed by atoms with E-state index in [1.54, 1.807) is 0 Å². The summed E-state index contributed by atoms with van der Waals surface area (Å²) in [6.07, 6.45) is 10.8. The highest BCUT2D eigenvalue weighted by Gasteiger charge is 2.62. The fourth-order valence-corrected chi connectivity index (χ4v) is 10.1. The summed E-state index contributed by atoms with van der Waals surface area (Å²) in [5.41, 5.74) is -0.905. The van der Waals surface area contributed by atoms with E-state index >= 15 is 8.78 Å². The monoisotopic (exact) mass is 703 g/mol. The number of rotatable bonds is 8. The van der Waals surface area contributed by atoms with Crippen molar-refractivity contribution >= 4 is 29.5 Å². The Morgan fingerprint density at radius 3 is 2.22 bits per heavy atom. The lowest BCUT2D eigenvalue weighted by Gasteiger charge is -2.59. The van der Waals surface area contributed by atoms with Crippen LogP contribution in [0.2, 0.25) is 0 Å². The van der Waals surface area contributed by atoms with Gasteiger partial charge in [0.05, 0.1) is 18.0 Å². The first-order chi connectivity index (χ1) is 24.4. The second-order valence-electron chi connectivity index (χ2n) is 15.8. The van der Waals surface area contributed by atoms with Gasteiger partial charge >= 0.3 is 5.97 Å². The Bertz CT molecular complexity index is 1860. The molecule has 10 rings (SSSR count). The highest BCUT2D eigenvalue weighted by atomic mass is 19.3. The molecule has 5 saturated carbocycles. The van der Waals surface area contributed by atoms with Crippen molar-refractivity contribution in [3.8, 4) is 5.75 Å². The molecular weight excluding hydrogens is 663 g/mol. The molecule has 0 unspecified atom stereocenters. The number of hydrogen-bond donors (Lipinski definition) is 2. The van der Waals surface area contributed by atoms with E-state index in [9.17, 15) is 19.1 Å². The molecule has 11 nitrogen and oxygen atoms in total. The summed E-state index contributed by atoms with van der Waals surface area (Å²) in [5, 5.41) is 13.3. The van der Waals surface area contributed by atoms with Crippen molar-refractivity contribution in [2.45, 2.75) is 87.7 Å². The third kappa shape index (κ3) is 5.38. The summed E-state index contributed by atoms with van der Waals surface area (Å²) in [5.74, 6) is -4.17. The topological polar surface area (TPSA) is 134 Å². The molecule has 0 atom stereocenters. The Morgan fingerprint density at radius 2 is 1.61 bits per heavy atom. The van der Waals surface area contributed by atoms with Gasteiger partial charge in [0, 0.05) is 56.7 Å². The maximum atomic E-state index is 15.3. The van der Waals surface area contributed by atoms with E-state index in [0.29, 0.717) is 44.3 Å². The molecule has 4 heterocycles. The van der Waals surface area contributed by atoms with Gasteiger partial charge in [0.25, 0.3) is 11.8 Å². The Hall–Kier alpha value is -4.49. The molecule has 1 saturated heterocycles. The second kappa shape index (κ2) is 11.5. The van der Waals surface area contributed by atoms with Crippen molar-refractivity contribution in [3.63, 3.8) is 0 Å². The van der Waals surface area contributed by atoms with Gasteiger partial charge in [-0.25, -0.2) is 29.1 Å². The highest BCUT2D eigenvalue weighted by Crippen LogP contribution is 2.60. The summed E-state index contributed by atoms with van der Waals surface area (Å²) >= 11 is 0. The first-order valence-corrected chi connectivity index (χ1v) is 18.0. The van der Waals surface area contributed by atoms with Crippen LogP contribution in [0.25, 0.3) is 0 Å². The molecule has 6 fully saturated rings. The average molecular weight is 704 g/mol. The van der Waals surface area contributed by atoms with E-state index < -0.39 is 40.4 Å². The van der Waals surface area contributed by atoms with Gasteiger partial charge < -0.3 is 25.0 Å². The maximum absolute atomic E-state index is 15.3. The molecular formula is C37H40F3N7O4. The van der Waals surface area contributed by atoms with E-state index in [1.165, 1.54) is 0 Å². The number of fused-ring (bicyclic) bond motifs is 2. The van der Waals surface area contributed by atoms with Crippen LogP contribution in [0.15, 0.2) is 36.8 Å². The number of piperidine rings is 1. The van der Waals surface area contributed by atoms with Gasteiger partial charge in [-0.1, -0.05) is 0 Å². The number of carbonyl (C=O) groups is 2. The first-order valence-electron chi connectivity index (χ1n) is 18.0. The lowest BCUT2D eigenvalue weighted by molar-refractivity contribution is -0.163. The molecule has 4 bridgehead atoms. The summed E-state index contributed by atoms with van der Waals surface area (Å²) in [6, 6.07) is 5.82. The quantitative estimate of drug-likeness (QED) is 0.299. The molecule has 1 aromatic carbocycles. The number of nitrogens with one attached hydrogen (secondary N) is 1. The lowest BCUT2D eigenvalue weighted by atomic mass is 9.48. The number of hydrogen-bond acceptors (Lipinski definition) is 9. The van der Waals surface area contributed by atoms with Crippen molar-refractivity contribution in [1.82, 2.24) is 25.3 Å². The van der Waals surface area contributed by atoms with Crippen LogP contribution in [0, 0.1) is 29.5 Å². The molecule has 7 aliphatic rings. The molecule has 2 aliphatic heterocycles. The standard InChI is InChI=1S/C37H40F3N7O4/c1-35(39,40)30-27(31(48)45-37(32(49)50)22-11-20-10-21(13-22)14-23(37)12-20)18-43-34(44-30)47-19-36(6-7-36)28-15-26(2-3-29(28)47)51-25-4-8-46(9-5-25)33-41-16-24(38)17-42-33/h2-3,15-18,20-23,25H,4-14,19H2,1H3,(H,45,48)(H,49,50). The third-order valence-electron chi connectivity index (χ3n) is 12.6. The van der Waals surface area contributed by atoms with Gasteiger partial charge in [0.1, 0.15) is 23.1 Å². The number of carboxylic acids is 1. The molecule has 14 heteroatoms. The molecule has 51 heavy (non-hydrogen) atoms. The zero-order chi connectivity index (χ0) is 35.3. The van der Waals surface area contributed by atoms with Gasteiger partial charge in [-0.2, -0.15) is 8.78 Å². The molecule has 0 radical (unpaired) electrons. The Morgan fingerprint density at radius 1 is 0.961 bits per heavy atom. The number of anilines is 3. The van der Waals surface area contributed by atoms with Gasteiger partial charge in [0.15, 0.2) is 5.82 Å². The lowest BCUT2D eigenvalue weighted by Crippen LogP contribution is -2.70. The van der Waals surface area contributed by atoms with Gasteiger partial charge in [-0.3, -0.25) is 4.79 Å². The number of benzene rings is 1. The third-order valence-corrected chi connectivity index (χ3v) is 12.6. The fraction of sp³-hybridized carbons (Fsp3) is 0.568. The molecule has 1 spiro atoms. The number of carbonyl (C=O) groups excluding carboxylic acids is 1. The van der Waals surface area contributed by atoms with Crippen LogP contribution in [-0.4, -0.2) is 68.2 Å². The SMILES string of the molecule is CC(F)(F)c1nc(N2CC3(CC3)c3cc(OC4CCN(c5ncc(F)cn5)CC4)ccc32)ncc1C(=O)NC1(C(=O)O)C2CC3CC(C2)CC1C3. The molecule has 2 N–H and O–H groups in total. The van der Waals surface area contributed by atoms with Crippen LogP contribution in [-0.2, 0) is 16.1 Å². The number of nitrogens with zero attached hydrogens (tertiary/aromatic N) is 6. The number of alkyl halides is 2. The number of amides is 1. The number of ether oxygens (including phenoxy) is 1. The van der Waals surface area contributed by atoms with E-state index in [1.807, 2.05) is 28.0 Å². The van der Waals surface area contributed by atoms with Crippen LogP contribution < -0.4 is 19.9 Å². The van der Waals surface area contributed by atoms with Gasteiger partial charge in [0.2, 0.25) is 11.9 Å². The molecule has 5 aliphatic carbocycles. The number of aliphatic carboxylic acids is 1. The fourth-order valence-electron chi connectivity index (χ4n) is 10.1. The van der Waals surface area contributed by atoms with Crippen LogP contribution in [0.4, 0.5) is 30.8 Å². The van der Waals surface area contributed by atoms with E-state index in [0.717, 1.165) is 93.4 Å². The van der Waals surface area contributed by atoms with Crippen molar-refractivity contribution in [2.75, 3.05) is 29.4 Å². The van der Waals surface area contributed by atoms with E-state index in [4.69, 9.17) is 4.74 Å². The van der Waals surface area contributed by atoms with Crippen LogP contribution in [0.3, 0.4) is 0 Å². The highest BCUT2D eigenvalue weighted by molar-refractivity contribution is 5.99. The minimum atomic E-state index is -3.49. The largest absolute Gasteiger partial charge is 0.490 e. The summed E-state index contributed by atoms with van der Waals surface area (Å²) in [7, 11) is 0. The van der Waals surface area contributed by atoms with Crippen LogP contribution in [0.1, 0.15) is 86.3 Å². The summed E-state index contributed by atoms with van der Waals surface area (Å²) in [6.45, 7) is 2.56. The normalized spacial score (nSPS) is 28.9. The molecule has 1 amide bonds. The van der Waals surface area contributed by atoms with Crippen LogP contribution >= 0.6 is 0 Å². The zero-order valence-electron chi connectivity index (χ0n) is 28.3. The maximum Gasteiger partial charge on any atom is 0.330 e. The predicted octanol–water partition coefficient (Wildman–Crippen LogP) is 5.76. The van der Waals surface area contributed by atoms with E-state index in [-0.39, 0.29) is 29.3 Å². The molecule has 268 valence electrons. The molecule has 2 aromatic heterocycles. The van der Waals surface area contributed by atoms with E-state index in [2.05, 4.69) is 25.3 Å².